The molecule has 0 spiro atoms. The van der Waals surface area contributed by atoms with E-state index in [1.54, 1.807) is 0 Å². The van der Waals surface area contributed by atoms with Crippen LogP contribution in [0.15, 0.2) is 36.7 Å². The van der Waals surface area contributed by atoms with Crippen molar-refractivity contribution in [1.82, 2.24) is 4.98 Å². The first-order chi connectivity index (χ1) is 8.24. The predicted octanol–water partition coefficient (Wildman–Crippen LogP) is 3.85. The van der Waals surface area contributed by atoms with Crippen LogP contribution in [0.3, 0.4) is 0 Å². The number of nitrogens with zero attached hydrogens (tertiary/aromatic N) is 1. The Hall–Kier alpha value is -1.83. The molecule has 1 aliphatic rings. The van der Waals surface area contributed by atoms with Crippen LogP contribution in [0.1, 0.15) is 36.5 Å². The van der Waals surface area contributed by atoms with Crippen LogP contribution in [-0.2, 0) is 6.42 Å². The smallest absolute Gasteiger partial charge is 0.0451 e. The largest absolute Gasteiger partial charge is 0.355 e. The number of aromatic nitrogens is 1. The molecule has 0 unspecified atom stereocenters. The number of hydrogen-bond acceptors (Lipinski definition) is 2. The lowest BCUT2D eigenvalue weighted by Crippen LogP contribution is -2.07. The SMILES string of the molecule is CC(C)c1ccc2c(c1)Nc1ccncc1C2. The van der Waals surface area contributed by atoms with Crippen molar-refractivity contribution in [1.29, 1.82) is 0 Å². The fourth-order valence-electron chi connectivity index (χ4n) is 2.26. The van der Waals surface area contributed by atoms with Gasteiger partial charge in [0.1, 0.15) is 0 Å². The third-order valence-corrected chi connectivity index (χ3v) is 3.35. The number of hydrogen-bond donors (Lipinski definition) is 1. The van der Waals surface area contributed by atoms with Crippen molar-refractivity contribution in [2.45, 2.75) is 26.2 Å². The summed E-state index contributed by atoms with van der Waals surface area (Å²) in [5, 5.41) is 3.50. The van der Waals surface area contributed by atoms with Gasteiger partial charge in [-0.1, -0.05) is 26.0 Å². The minimum absolute atomic E-state index is 0.570. The van der Waals surface area contributed by atoms with E-state index in [1.165, 1.54) is 28.1 Å². The molecule has 1 N–H and O–H groups in total. The van der Waals surface area contributed by atoms with Crippen molar-refractivity contribution in [3.05, 3.63) is 53.3 Å². The summed E-state index contributed by atoms with van der Waals surface area (Å²) in [4.78, 5) is 4.18. The number of nitrogens with one attached hydrogen (secondary N) is 1. The monoisotopic (exact) mass is 224 g/mol. The second kappa shape index (κ2) is 3.88. The van der Waals surface area contributed by atoms with E-state index >= 15 is 0 Å². The van der Waals surface area contributed by atoms with Gasteiger partial charge in [-0.15, -0.1) is 0 Å². The van der Waals surface area contributed by atoms with Gasteiger partial charge in [0, 0.05) is 30.2 Å². The fraction of sp³-hybridized carbons (Fsp3) is 0.267. The molecule has 2 aromatic rings. The molecule has 0 amide bonds. The van der Waals surface area contributed by atoms with Crippen molar-refractivity contribution in [3.63, 3.8) is 0 Å². The van der Waals surface area contributed by atoms with Crippen LogP contribution >= 0.6 is 0 Å². The van der Waals surface area contributed by atoms with Gasteiger partial charge in [-0.05, 0) is 34.7 Å². The predicted molar refractivity (Wildman–Crippen MR) is 70.9 cm³/mol. The maximum Gasteiger partial charge on any atom is 0.0451 e. The van der Waals surface area contributed by atoms with E-state index in [0.29, 0.717) is 5.92 Å². The minimum atomic E-state index is 0.570. The Labute approximate surface area is 102 Å². The lowest BCUT2D eigenvalue weighted by molar-refractivity contribution is 0.865. The first kappa shape index (κ1) is 10.3. The van der Waals surface area contributed by atoms with Gasteiger partial charge in [0.2, 0.25) is 0 Å². The maximum absolute atomic E-state index is 4.18. The van der Waals surface area contributed by atoms with Crippen LogP contribution in [0.2, 0.25) is 0 Å². The summed E-state index contributed by atoms with van der Waals surface area (Å²) in [7, 11) is 0. The summed E-state index contributed by atoms with van der Waals surface area (Å²) < 4.78 is 0. The molecule has 1 aromatic carbocycles. The summed E-state index contributed by atoms with van der Waals surface area (Å²) in [6, 6.07) is 8.77. The highest BCUT2D eigenvalue weighted by Crippen LogP contribution is 2.33. The van der Waals surface area contributed by atoms with Gasteiger partial charge in [0.25, 0.3) is 0 Å². The molecule has 0 bridgehead atoms. The van der Waals surface area contributed by atoms with Crippen molar-refractivity contribution >= 4 is 11.4 Å². The Morgan fingerprint density at radius 3 is 2.82 bits per heavy atom. The zero-order valence-electron chi connectivity index (χ0n) is 10.2. The number of benzene rings is 1. The Morgan fingerprint density at radius 1 is 1.12 bits per heavy atom. The molecular weight excluding hydrogens is 208 g/mol. The topological polar surface area (TPSA) is 24.9 Å². The number of rotatable bonds is 1. The van der Waals surface area contributed by atoms with E-state index in [2.05, 4.69) is 42.3 Å². The standard InChI is InChI=1S/C15H16N2/c1-10(2)11-3-4-12-7-13-9-16-6-5-14(13)17-15(12)8-11/h3-6,8-10,17H,7H2,1-2H3. The highest BCUT2D eigenvalue weighted by atomic mass is 14.9. The van der Waals surface area contributed by atoms with E-state index in [1.807, 2.05) is 18.5 Å². The van der Waals surface area contributed by atoms with Gasteiger partial charge >= 0.3 is 0 Å². The number of fused-ring (bicyclic) bond motifs is 2. The molecule has 1 aromatic heterocycles. The van der Waals surface area contributed by atoms with Crippen LogP contribution in [0.5, 0.6) is 0 Å². The fourth-order valence-corrected chi connectivity index (χ4v) is 2.26. The summed E-state index contributed by atoms with van der Waals surface area (Å²) in [5.74, 6) is 0.570. The second-order valence-electron chi connectivity index (χ2n) is 4.91. The quantitative estimate of drug-likeness (QED) is 0.679. The van der Waals surface area contributed by atoms with E-state index in [9.17, 15) is 0 Å². The molecule has 2 heterocycles. The molecule has 3 rings (SSSR count). The summed E-state index contributed by atoms with van der Waals surface area (Å²) in [6.45, 7) is 4.45. The van der Waals surface area contributed by atoms with Gasteiger partial charge < -0.3 is 5.32 Å². The van der Waals surface area contributed by atoms with E-state index in [4.69, 9.17) is 0 Å². The zero-order chi connectivity index (χ0) is 11.8. The van der Waals surface area contributed by atoms with Crippen molar-refractivity contribution in [2.75, 3.05) is 5.32 Å². The minimum Gasteiger partial charge on any atom is -0.355 e. The van der Waals surface area contributed by atoms with E-state index < -0.39 is 0 Å². The average Bonchev–Trinajstić information content (AvgIpc) is 2.35. The summed E-state index contributed by atoms with van der Waals surface area (Å²) in [5.41, 5.74) is 6.45. The molecule has 86 valence electrons. The molecular formula is C15H16N2. The van der Waals surface area contributed by atoms with Crippen LogP contribution in [0, 0.1) is 0 Å². The van der Waals surface area contributed by atoms with Gasteiger partial charge in [-0.3, -0.25) is 4.98 Å². The highest BCUT2D eigenvalue weighted by molar-refractivity contribution is 5.71. The average molecular weight is 224 g/mol. The van der Waals surface area contributed by atoms with Gasteiger partial charge in [0.15, 0.2) is 0 Å². The Bertz CT molecular complexity index is 559. The molecule has 0 saturated heterocycles. The highest BCUT2D eigenvalue weighted by Gasteiger charge is 2.15. The van der Waals surface area contributed by atoms with Crippen molar-refractivity contribution in [3.8, 4) is 0 Å². The molecule has 0 saturated carbocycles. The van der Waals surface area contributed by atoms with Crippen LogP contribution in [-0.4, -0.2) is 4.98 Å². The third kappa shape index (κ3) is 1.80. The molecule has 2 nitrogen and oxygen atoms in total. The lowest BCUT2D eigenvalue weighted by atomic mass is 9.94. The van der Waals surface area contributed by atoms with Crippen LogP contribution in [0.25, 0.3) is 0 Å². The number of pyridine rings is 1. The first-order valence-corrected chi connectivity index (χ1v) is 6.07. The molecule has 0 aliphatic carbocycles. The van der Waals surface area contributed by atoms with E-state index in [-0.39, 0.29) is 0 Å². The Kier molecular flexibility index (Phi) is 2.36. The number of anilines is 2. The molecule has 2 heteroatoms. The van der Waals surface area contributed by atoms with Gasteiger partial charge in [0.05, 0.1) is 0 Å². The summed E-state index contributed by atoms with van der Waals surface area (Å²) in [6.07, 6.45) is 4.76. The van der Waals surface area contributed by atoms with Crippen molar-refractivity contribution in [2.24, 2.45) is 0 Å². The molecule has 0 atom stereocenters. The van der Waals surface area contributed by atoms with E-state index in [0.717, 1.165) is 6.42 Å². The second-order valence-corrected chi connectivity index (χ2v) is 4.91. The molecule has 0 fully saturated rings. The lowest BCUT2D eigenvalue weighted by Gasteiger charge is -2.22. The molecule has 1 aliphatic heterocycles. The Morgan fingerprint density at radius 2 is 2.00 bits per heavy atom. The third-order valence-electron chi connectivity index (χ3n) is 3.35. The van der Waals surface area contributed by atoms with Crippen LogP contribution < -0.4 is 5.32 Å². The van der Waals surface area contributed by atoms with Gasteiger partial charge in [-0.25, -0.2) is 0 Å². The Balaban J connectivity index is 2.03. The molecule has 17 heavy (non-hydrogen) atoms. The van der Waals surface area contributed by atoms with Crippen LogP contribution in [0.4, 0.5) is 11.4 Å². The zero-order valence-corrected chi connectivity index (χ0v) is 10.2. The maximum atomic E-state index is 4.18. The van der Waals surface area contributed by atoms with Gasteiger partial charge in [-0.2, -0.15) is 0 Å². The summed E-state index contributed by atoms with van der Waals surface area (Å²) >= 11 is 0. The van der Waals surface area contributed by atoms with Crippen molar-refractivity contribution < 1.29 is 0 Å². The molecule has 0 radical (unpaired) electrons. The first-order valence-electron chi connectivity index (χ1n) is 6.07. The normalized spacial score (nSPS) is 12.9.